The Morgan fingerprint density at radius 3 is 2.47 bits per heavy atom. The van der Waals surface area contributed by atoms with E-state index in [1.165, 1.54) is 4.90 Å². The lowest BCUT2D eigenvalue weighted by Gasteiger charge is -2.35. The molecule has 1 fully saturated rings. The Balaban J connectivity index is 2.11. The van der Waals surface area contributed by atoms with Gasteiger partial charge in [0.2, 0.25) is 5.88 Å². The lowest BCUT2D eigenvalue weighted by Crippen LogP contribution is -2.49. The van der Waals surface area contributed by atoms with Gasteiger partial charge < -0.3 is 30.4 Å². The number of aliphatic hydroxyl groups is 3. The first-order valence-electron chi connectivity index (χ1n) is 5.44. The van der Waals surface area contributed by atoms with Crippen LogP contribution in [0.4, 0.5) is 5.69 Å². The van der Waals surface area contributed by atoms with Crippen LogP contribution in [0.3, 0.4) is 0 Å². The highest BCUT2D eigenvalue weighted by molar-refractivity contribution is 5.69. The maximum Gasteiger partial charge on any atom is 0.215 e. The highest BCUT2D eigenvalue weighted by Crippen LogP contribution is 2.45. The van der Waals surface area contributed by atoms with Crippen LogP contribution in [-0.2, 0) is 6.42 Å². The first kappa shape index (κ1) is 10.7. The summed E-state index contributed by atoms with van der Waals surface area (Å²) in [4.78, 5) is 3.91. The standard InChI is InChI=1S/C10H14N2O5/c13-4-1-3-6(10(17)11-9(3)16)12-2-5(14)8(15)7(4)12/h4-5,7-8,11,13-17H,1-2H2/t4-,5-,7-,8-/m1/s1. The third kappa shape index (κ3) is 1.27. The first-order chi connectivity index (χ1) is 8.00. The van der Waals surface area contributed by atoms with Gasteiger partial charge in [-0.15, -0.1) is 0 Å². The van der Waals surface area contributed by atoms with E-state index in [9.17, 15) is 25.5 Å². The largest absolute Gasteiger partial charge is 0.494 e. The summed E-state index contributed by atoms with van der Waals surface area (Å²) < 4.78 is 0. The third-order valence-electron chi connectivity index (χ3n) is 3.62. The van der Waals surface area contributed by atoms with Gasteiger partial charge in [0.1, 0.15) is 11.8 Å². The molecule has 3 heterocycles. The molecule has 2 aliphatic rings. The summed E-state index contributed by atoms with van der Waals surface area (Å²) in [5.74, 6) is -0.401. The van der Waals surface area contributed by atoms with Gasteiger partial charge in [0, 0.05) is 18.5 Å². The highest BCUT2D eigenvalue weighted by atomic mass is 16.3. The van der Waals surface area contributed by atoms with Crippen LogP contribution in [0.1, 0.15) is 5.56 Å². The Bertz CT molecular complexity index is 460. The van der Waals surface area contributed by atoms with E-state index in [0.29, 0.717) is 11.3 Å². The van der Waals surface area contributed by atoms with Gasteiger partial charge in [-0.05, 0) is 0 Å². The Hall–Kier alpha value is -1.44. The highest BCUT2D eigenvalue weighted by Gasteiger charge is 2.49. The van der Waals surface area contributed by atoms with Crippen molar-refractivity contribution >= 4 is 5.69 Å². The van der Waals surface area contributed by atoms with Gasteiger partial charge in [0.15, 0.2) is 5.88 Å². The number of aromatic nitrogens is 1. The molecule has 3 rings (SSSR count). The molecule has 6 N–H and O–H groups in total. The monoisotopic (exact) mass is 242 g/mol. The number of aromatic amines is 1. The zero-order valence-corrected chi connectivity index (χ0v) is 8.91. The number of nitrogens with one attached hydrogen (secondary N) is 1. The molecule has 0 aliphatic carbocycles. The lowest BCUT2D eigenvalue weighted by molar-refractivity contribution is 0.00804. The Morgan fingerprint density at radius 1 is 1.06 bits per heavy atom. The number of aliphatic hydroxyl groups excluding tert-OH is 3. The zero-order chi connectivity index (χ0) is 12.3. The van der Waals surface area contributed by atoms with E-state index in [-0.39, 0.29) is 24.7 Å². The van der Waals surface area contributed by atoms with Crippen molar-refractivity contribution in [1.82, 2.24) is 4.98 Å². The molecule has 0 bridgehead atoms. The molecule has 4 atom stereocenters. The van der Waals surface area contributed by atoms with Crippen molar-refractivity contribution < 1.29 is 25.5 Å². The van der Waals surface area contributed by atoms with Gasteiger partial charge in [0.25, 0.3) is 0 Å². The second kappa shape index (κ2) is 3.28. The minimum absolute atomic E-state index is 0.112. The van der Waals surface area contributed by atoms with E-state index in [0.717, 1.165) is 0 Å². The molecule has 0 saturated carbocycles. The number of nitrogens with zero attached hydrogens (tertiary/aromatic N) is 1. The van der Waals surface area contributed by atoms with Crippen molar-refractivity contribution in [2.75, 3.05) is 11.4 Å². The van der Waals surface area contributed by atoms with Gasteiger partial charge in [-0.1, -0.05) is 0 Å². The minimum atomic E-state index is -1.06. The molecule has 0 radical (unpaired) electrons. The predicted octanol–water partition coefficient (Wildman–Crippen LogP) is -1.75. The van der Waals surface area contributed by atoms with Crippen LogP contribution in [0.5, 0.6) is 11.8 Å². The normalized spacial score (nSPS) is 35.8. The van der Waals surface area contributed by atoms with Gasteiger partial charge >= 0.3 is 0 Å². The fourth-order valence-corrected chi connectivity index (χ4v) is 2.85. The molecule has 2 aliphatic heterocycles. The maximum absolute atomic E-state index is 9.93. The molecule has 17 heavy (non-hydrogen) atoms. The van der Waals surface area contributed by atoms with Crippen LogP contribution in [0.25, 0.3) is 0 Å². The van der Waals surface area contributed by atoms with E-state index in [1.54, 1.807) is 0 Å². The second-order valence-electron chi connectivity index (χ2n) is 4.62. The van der Waals surface area contributed by atoms with Crippen LogP contribution in [-0.4, -0.2) is 61.4 Å². The number of fused-ring (bicyclic) bond motifs is 3. The fraction of sp³-hybridized carbons (Fsp3) is 0.600. The smallest absolute Gasteiger partial charge is 0.215 e. The topological polar surface area (TPSA) is 120 Å². The number of hydrogen-bond donors (Lipinski definition) is 6. The average Bonchev–Trinajstić information content (AvgIpc) is 2.68. The molecule has 0 amide bonds. The van der Waals surface area contributed by atoms with Crippen LogP contribution in [0.2, 0.25) is 0 Å². The van der Waals surface area contributed by atoms with Gasteiger partial charge in [-0.2, -0.15) is 0 Å². The van der Waals surface area contributed by atoms with Crippen molar-refractivity contribution in [1.29, 1.82) is 0 Å². The molecule has 1 saturated heterocycles. The van der Waals surface area contributed by atoms with E-state index in [1.807, 2.05) is 0 Å². The fourth-order valence-electron chi connectivity index (χ4n) is 2.85. The molecule has 1 aromatic heterocycles. The molecular formula is C10H14N2O5. The second-order valence-corrected chi connectivity index (χ2v) is 4.62. The minimum Gasteiger partial charge on any atom is -0.494 e. The van der Waals surface area contributed by atoms with Crippen LogP contribution >= 0.6 is 0 Å². The van der Waals surface area contributed by atoms with E-state index >= 15 is 0 Å². The quantitative estimate of drug-likeness (QED) is 0.321. The molecular weight excluding hydrogens is 228 g/mol. The zero-order valence-electron chi connectivity index (χ0n) is 8.91. The van der Waals surface area contributed by atoms with Crippen LogP contribution < -0.4 is 4.90 Å². The predicted molar refractivity (Wildman–Crippen MR) is 57.0 cm³/mol. The summed E-state index contributed by atoms with van der Waals surface area (Å²) >= 11 is 0. The molecule has 1 aromatic rings. The summed E-state index contributed by atoms with van der Waals surface area (Å²) in [5, 5.41) is 48.6. The van der Waals surface area contributed by atoms with E-state index in [4.69, 9.17) is 0 Å². The van der Waals surface area contributed by atoms with Crippen molar-refractivity contribution in [3.63, 3.8) is 0 Å². The van der Waals surface area contributed by atoms with Crippen LogP contribution in [0, 0.1) is 0 Å². The number of rotatable bonds is 0. The summed E-state index contributed by atoms with van der Waals surface area (Å²) in [7, 11) is 0. The number of anilines is 1. The first-order valence-corrected chi connectivity index (χ1v) is 5.44. The Morgan fingerprint density at radius 2 is 1.76 bits per heavy atom. The maximum atomic E-state index is 9.93. The summed E-state index contributed by atoms with van der Waals surface area (Å²) in [5.41, 5.74) is 0.765. The van der Waals surface area contributed by atoms with Gasteiger partial charge in [-0.25, -0.2) is 0 Å². The Kier molecular flexibility index (Phi) is 2.07. The van der Waals surface area contributed by atoms with Crippen molar-refractivity contribution in [3.05, 3.63) is 5.56 Å². The van der Waals surface area contributed by atoms with Crippen molar-refractivity contribution in [2.24, 2.45) is 0 Å². The van der Waals surface area contributed by atoms with Gasteiger partial charge in [-0.3, -0.25) is 4.98 Å². The molecule has 0 aromatic carbocycles. The summed E-state index contributed by atoms with van der Waals surface area (Å²) in [6.45, 7) is 0.112. The molecule has 7 heteroatoms. The third-order valence-corrected chi connectivity index (χ3v) is 3.62. The van der Waals surface area contributed by atoms with E-state index < -0.39 is 24.4 Å². The number of aromatic hydroxyl groups is 2. The molecule has 94 valence electrons. The van der Waals surface area contributed by atoms with Crippen molar-refractivity contribution in [2.45, 2.75) is 30.8 Å². The molecule has 0 unspecified atom stereocenters. The van der Waals surface area contributed by atoms with Gasteiger partial charge in [0.05, 0.1) is 18.2 Å². The Labute approximate surface area is 96.5 Å². The van der Waals surface area contributed by atoms with E-state index in [2.05, 4.69) is 4.98 Å². The number of hydrogen-bond acceptors (Lipinski definition) is 6. The molecule has 7 nitrogen and oxygen atoms in total. The molecule has 0 spiro atoms. The SMILES string of the molecule is Oc1[nH]c(O)c2c1C[C@@H](O)[C@@H]1[C@H](O)[C@H](O)CN21. The number of H-pyrrole nitrogens is 1. The summed E-state index contributed by atoms with van der Waals surface area (Å²) in [6.07, 6.45) is -2.80. The van der Waals surface area contributed by atoms with Crippen molar-refractivity contribution in [3.8, 4) is 11.8 Å². The summed E-state index contributed by atoms with van der Waals surface area (Å²) in [6, 6.07) is -0.654. The average molecular weight is 242 g/mol. The van der Waals surface area contributed by atoms with Crippen LogP contribution in [0.15, 0.2) is 0 Å². The lowest BCUT2D eigenvalue weighted by atomic mass is 9.94.